The van der Waals surface area contributed by atoms with Crippen molar-refractivity contribution in [2.45, 2.75) is 23.5 Å². The van der Waals surface area contributed by atoms with E-state index in [-0.39, 0.29) is 16.9 Å². The summed E-state index contributed by atoms with van der Waals surface area (Å²) >= 11 is 1.54. The van der Waals surface area contributed by atoms with E-state index in [1.54, 1.807) is 17.8 Å². The van der Waals surface area contributed by atoms with Gasteiger partial charge in [0.2, 0.25) is 5.91 Å². The predicted molar refractivity (Wildman–Crippen MR) is 61.5 cm³/mol. The number of amides is 1. The van der Waals surface area contributed by atoms with Gasteiger partial charge in [-0.2, -0.15) is 0 Å². The van der Waals surface area contributed by atoms with Gasteiger partial charge >= 0.3 is 0 Å². The number of benzene rings is 1. The number of hydrogen-bond acceptors (Lipinski definition) is 3. The summed E-state index contributed by atoms with van der Waals surface area (Å²) in [5.41, 5.74) is 0.526. The highest BCUT2D eigenvalue weighted by Gasteiger charge is 2.21. The largest absolute Gasteiger partial charge is 0.494 e. The predicted octanol–water partition coefficient (Wildman–Crippen LogP) is 2.66. The number of anilines is 1. The molecule has 1 aliphatic heterocycles. The molecule has 0 aromatic heterocycles. The summed E-state index contributed by atoms with van der Waals surface area (Å²) in [6.45, 7) is 1.97. The maximum atomic E-state index is 13.4. The number of fused-ring (bicyclic) bond motifs is 1. The first-order chi connectivity index (χ1) is 7.60. The first kappa shape index (κ1) is 11.3. The molecule has 1 aliphatic rings. The van der Waals surface area contributed by atoms with E-state index in [2.05, 4.69) is 5.32 Å². The van der Waals surface area contributed by atoms with E-state index in [4.69, 9.17) is 4.74 Å². The Morgan fingerprint density at radius 2 is 2.31 bits per heavy atom. The fraction of sp³-hybridized carbons (Fsp3) is 0.364. The lowest BCUT2D eigenvalue weighted by molar-refractivity contribution is -0.116. The smallest absolute Gasteiger partial charge is 0.225 e. The van der Waals surface area contributed by atoms with Crippen molar-refractivity contribution >= 4 is 23.4 Å². The summed E-state index contributed by atoms with van der Waals surface area (Å²) in [5, 5.41) is 2.87. The second-order valence-corrected chi connectivity index (χ2v) is 5.14. The van der Waals surface area contributed by atoms with Crippen molar-refractivity contribution in [3.63, 3.8) is 0 Å². The van der Waals surface area contributed by atoms with Crippen LogP contribution in [0.25, 0.3) is 0 Å². The normalized spacial score (nSPS) is 19.7. The Balaban J connectivity index is 2.45. The standard InChI is InChI=1S/C11H12FNO2S/c1-6-3-11(14)13-8-4-7(12)9(15-2)5-10(8)16-6/h4-6H,3H2,1-2H3,(H,13,14). The molecule has 86 valence electrons. The van der Waals surface area contributed by atoms with Crippen LogP contribution in [-0.4, -0.2) is 18.3 Å². The molecule has 1 amide bonds. The molecule has 2 rings (SSSR count). The molecule has 0 bridgehead atoms. The van der Waals surface area contributed by atoms with E-state index in [9.17, 15) is 9.18 Å². The lowest BCUT2D eigenvalue weighted by Crippen LogP contribution is -2.13. The highest BCUT2D eigenvalue weighted by molar-refractivity contribution is 8.00. The Kier molecular flexibility index (Phi) is 3.05. The van der Waals surface area contributed by atoms with E-state index >= 15 is 0 Å². The van der Waals surface area contributed by atoms with Gasteiger partial charge in [-0.05, 0) is 6.07 Å². The monoisotopic (exact) mass is 241 g/mol. The lowest BCUT2D eigenvalue weighted by atomic mass is 10.2. The molecule has 3 nitrogen and oxygen atoms in total. The molecule has 0 fully saturated rings. The van der Waals surface area contributed by atoms with Gasteiger partial charge < -0.3 is 10.1 Å². The third-order valence-corrected chi connectivity index (χ3v) is 3.49. The zero-order chi connectivity index (χ0) is 11.7. The molecule has 1 heterocycles. The number of nitrogens with one attached hydrogen (secondary N) is 1. The fourth-order valence-electron chi connectivity index (χ4n) is 1.61. The van der Waals surface area contributed by atoms with Crippen molar-refractivity contribution in [1.29, 1.82) is 0 Å². The molecular formula is C11H12FNO2S. The number of ether oxygens (including phenoxy) is 1. The van der Waals surface area contributed by atoms with Gasteiger partial charge in [-0.3, -0.25) is 4.79 Å². The van der Waals surface area contributed by atoms with E-state index in [1.165, 1.54) is 13.2 Å². The maximum absolute atomic E-state index is 13.4. The van der Waals surface area contributed by atoms with E-state index in [1.807, 2.05) is 6.92 Å². The minimum atomic E-state index is -0.461. The molecule has 0 aliphatic carbocycles. The molecular weight excluding hydrogens is 229 g/mol. The number of hydrogen-bond donors (Lipinski definition) is 1. The van der Waals surface area contributed by atoms with Gasteiger partial charge in [-0.25, -0.2) is 4.39 Å². The van der Waals surface area contributed by atoms with Crippen LogP contribution < -0.4 is 10.1 Å². The van der Waals surface area contributed by atoms with Crippen molar-refractivity contribution in [3.8, 4) is 5.75 Å². The third kappa shape index (κ3) is 2.14. The van der Waals surface area contributed by atoms with Crippen LogP contribution in [0, 0.1) is 5.82 Å². The Labute approximate surface area is 97.4 Å². The van der Waals surface area contributed by atoms with Crippen LogP contribution in [-0.2, 0) is 4.79 Å². The zero-order valence-electron chi connectivity index (χ0n) is 9.04. The van der Waals surface area contributed by atoms with Crippen LogP contribution in [0.2, 0.25) is 0 Å². The number of carbonyl (C=O) groups is 1. The van der Waals surface area contributed by atoms with Crippen molar-refractivity contribution in [3.05, 3.63) is 17.9 Å². The van der Waals surface area contributed by atoms with Crippen LogP contribution in [0.1, 0.15) is 13.3 Å². The summed E-state index contributed by atoms with van der Waals surface area (Å²) < 4.78 is 18.4. The summed E-state index contributed by atoms with van der Waals surface area (Å²) in [6.07, 6.45) is 0.434. The molecule has 1 aromatic rings. The Bertz CT molecular complexity index is 436. The van der Waals surface area contributed by atoms with Crippen molar-refractivity contribution in [2.24, 2.45) is 0 Å². The minimum absolute atomic E-state index is 0.0803. The highest BCUT2D eigenvalue weighted by Crippen LogP contribution is 2.38. The van der Waals surface area contributed by atoms with E-state index in [0.717, 1.165) is 4.90 Å². The number of carbonyl (C=O) groups excluding carboxylic acids is 1. The quantitative estimate of drug-likeness (QED) is 0.821. The summed E-state index contributed by atoms with van der Waals surface area (Å²) in [7, 11) is 1.42. The highest BCUT2D eigenvalue weighted by atomic mass is 32.2. The molecule has 1 atom stereocenters. The molecule has 1 N–H and O–H groups in total. The number of halogens is 1. The maximum Gasteiger partial charge on any atom is 0.225 e. The van der Waals surface area contributed by atoms with E-state index < -0.39 is 5.82 Å². The van der Waals surface area contributed by atoms with Gasteiger partial charge in [0.05, 0.1) is 12.8 Å². The second-order valence-electron chi connectivity index (χ2n) is 3.66. The van der Waals surface area contributed by atoms with Crippen LogP contribution in [0.4, 0.5) is 10.1 Å². The van der Waals surface area contributed by atoms with Crippen molar-refractivity contribution < 1.29 is 13.9 Å². The van der Waals surface area contributed by atoms with Gasteiger partial charge in [0, 0.05) is 22.6 Å². The molecule has 5 heteroatoms. The van der Waals surface area contributed by atoms with Gasteiger partial charge in [0.1, 0.15) is 0 Å². The molecule has 16 heavy (non-hydrogen) atoms. The Morgan fingerprint density at radius 3 is 3.00 bits per heavy atom. The molecule has 0 saturated heterocycles. The summed E-state index contributed by atoms with van der Waals surface area (Å²) in [4.78, 5) is 12.3. The van der Waals surface area contributed by atoms with Crippen LogP contribution in [0.15, 0.2) is 17.0 Å². The lowest BCUT2D eigenvalue weighted by Gasteiger charge is -2.10. The molecule has 1 unspecified atom stereocenters. The molecule has 1 aromatic carbocycles. The van der Waals surface area contributed by atoms with Crippen LogP contribution >= 0.6 is 11.8 Å². The van der Waals surface area contributed by atoms with Crippen LogP contribution in [0.3, 0.4) is 0 Å². The molecule has 0 radical (unpaired) electrons. The molecule has 0 spiro atoms. The first-order valence-electron chi connectivity index (χ1n) is 4.94. The van der Waals surface area contributed by atoms with Gasteiger partial charge in [-0.1, -0.05) is 6.92 Å². The average Bonchev–Trinajstić information content (AvgIpc) is 2.33. The topological polar surface area (TPSA) is 38.3 Å². The Morgan fingerprint density at radius 1 is 1.56 bits per heavy atom. The summed E-state index contributed by atoms with van der Waals surface area (Å²) in [6, 6.07) is 2.93. The van der Waals surface area contributed by atoms with Crippen LogP contribution in [0.5, 0.6) is 5.75 Å². The van der Waals surface area contributed by atoms with Gasteiger partial charge in [0.15, 0.2) is 11.6 Å². The zero-order valence-corrected chi connectivity index (χ0v) is 9.86. The van der Waals surface area contributed by atoms with Crippen molar-refractivity contribution in [1.82, 2.24) is 0 Å². The molecule has 0 saturated carbocycles. The average molecular weight is 241 g/mol. The third-order valence-electron chi connectivity index (χ3n) is 2.33. The number of thioether (sulfide) groups is 1. The minimum Gasteiger partial charge on any atom is -0.494 e. The van der Waals surface area contributed by atoms with Crippen molar-refractivity contribution in [2.75, 3.05) is 12.4 Å². The fourth-order valence-corrected chi connectivity index (χ4v) is 2.69. The first-order valence-corrected chi connectivity index (χ1v) is 5.82. The Hall–Kier alpha value is -1.23. The second kappa shape index (κ2) is 4.33. The summed E-state index contributed by atoms with van der Waals surface area (Å²) in [5.74, 6) is -0.338. The van der Waals surface area contributed by atoms with Gasteiger partial charge in [-0.15, -0.1) is 11.8 Å². The number of rotatable bonds is 1. The number of methoxy groups -OCH3 is 1. The SMILES string of the molecule is COc1cc2c(cc1F)NC(=O)CC(C)S2. The van der Waals surface area contributed by atoms with E-state index in [0.29, 0.717) is 12.1 Å². The van der Waals surface area contributed by atoms with Gasteiger partial charge in [0.25, 0.3) is 0 Å².